The van der Waals surface area contributed by atoms with Gasteiger partial charge < -0.3 is 19.9 Å². The first-order valence-corrected chi connectivity index (χ1v) is 5.50. The van der Waals surface area contributed by atoms with Gasteiger partial charge in [-0.1, -0.05) is 6.07 Å². The topological polar surface area (TPSA) is 67.8 Å². The van der Waals surface area contributed by atoms with E-state index in [9.17, 15) is 9.18 Å². The molecule has 0 saturated heterocycles. The molecule has 0 aliphatic carbocycles. The average molecular weight is 257 g/mol. The number of rotatable bonds is 7. The van der Waals surface area contributed by atoms with Gasteiger partial charge in [-0.3, -0.25) is 4.79 Å². The van der Waals surface area contributed by atoms with Crippen molar-refractivity contribution in [1.29, 1.82) is 0 Å². The van der Waals surface area contributed by atoms with Crippen molar-refractivity contribution in [3.05, 3.63) is 29.6 Å². The molecule has 100 valence electrons. The molecule has 1 rings (SSSR count). The zero-order valence-electron chi connectivity index (χ0n) is 10.1. The molecule has 0 aliphatic rings. The molecule has 1 aromatic carbocycles. The normalized spacial score (nSPS) is 10.2. The number of ether oxygens (including phenoxy) is 2. The molecule has 0 bridgehead atoms. The van der Waals surface area contributed by atoms with Crippen molar-refractivity contribution in [3.63, 3.8) is 0 Å². The fraction of sp³-hybridized carbons (Fsp3) is 0.417. The lowest BCUT2D eigenvalue weighted by Gasteiger charge is -2.10. The number of aliphatic hydroxyl groups excluding tert-OH is 1. The predicted molar refractivity (Wildman–Crippen MR) is 63.2 cm³/mol. The van der Waals surface area contributed by atoms with Crippen LogP contribution in [0.15, 0.2) is 18.2 Å². The minimum absolute atomic E-state index is 0.0743. The summed E-state index contributed by atoms with van der Waals surface area (Å²) in [4.78, 5) is 11.7. The summed E-state index contributed by atoms with van der Waals surface area (Å²) in [6.07, 6.45) is 0. The maximum absolute atomic E-state index is 13.5. The lowest BCUT2D eigenvalue weighted by molar-refractivity contribution is 0.0834. The molecule has 0 unspecified atom stereocenters. The Kier molecular flexibility index (Phi) is 6.10. The highest BCUT2D eigenvalue weighted by Crippen LogP contribution is 2.20. The van der Waals surface area contributed by atoms with Crippen LogP contribution < -0.4 is 10.1 Å². The number of methoxy groups -OCH3 is 1. The van der Waals surface area contributed by atoms with Crippen molar-refractivity contribution in [2.75, 3.05) is 33.5 Å². The Hall–Kier alpha value is -1.66. The summed E-state index contributed by atoms with van der Waals surface area (Å²) in [6.45, 7) is 0.618. The van der Waals surface area contributed by atoms with Crippen LogP contribution in [0.25, 0.3) is 0 Å². The molecule has 2 N–H and O–H groups in total. The number of carbonyl (C=O) groups excluding carboxylic acids is 1. The largest absolute Gasteiger partial charge is 0.496 e. The van der Waals surface area contributed by atoms with Crippen molar-refractivity contribution in [1.82, 2.24) is 5.32 Å². The van der Waals surface area contributed by atoms with E-state index in [-0.39, 0.29) is 37.7 Å². The molecule has 0 spiro atoms. The third-order valence-corrected chi connectivity index (χ3v) is 2.19. The minimum Gasteiger partial charge on any atom is -0.496 e. The number of carbonyl (C=O) groups is 1. The van der Waals surface area contributed by atoms with E-state index in [1.54, 1.807) is 0 Å². The average Bonchev–Trinajstić information content (AvgIpc) is 2.37. The summed E-state index contributed by atoms with van der Waals surface area (Å²) < 4.78 is 23.4. The molecular weight excluding hydrogens is 241 g/mol. The molecule has 18 heavy (non-hydrogen) atoms. The van der Waals surface area contributed by atoms with E-state index in [1.165, 1.54) is 25.3 Å². The predicted octanol–water partition coefficient (Wildman–Crippen LogP) is 0.573. The Morgan fingerprint density at radius 1 is 1.44 bits per heavy atom. The molecular formula is C12H16FNO4. The van der Waals surface area contributed by atoms with Crippen LogP contribution in [0.2, 0.25) is 0 Å². The van der Waals surface area contributed by atoms with Crippen molar-refractivity contribution < 1.29 is 23.8 Å². The highest BCUT2D eigenvalue weighted by Gasteiger charge is 2.16. The van der Waals surface area contributed by atoms with E-state index >= 15 is 0 Å². The Bertz CT molecular complexity index is 398. The maximum atomic E-state index is 13.5. The van der Waals surface area contributed by atoms with Crippen LogP contribution in [0.3, 0.4) is 0 Å². The molecule has 0 radical (unpaired) electrons. The Morgan fingerprint density at radius 3 is 2.89 bits per heavy atom. The van der Waals surface area contributed by atoms with E-state index in [1.807, 2.05) is 0 Å². The van der Waals surface area contributed by atoms with Crippen molar-refractivity contribution in [2.24, 2.45) is 0 Å². The number of benzene rings is 1. The van der Waals surface area contributed by atoms with Gasteiger partial charge in [0.25, 0.3) is 5.91 Å². The van der Waals surface area contributed by atoms with Crippen LogP contribution in [0.1, 0.15) is 10.4 Å². The van der Waals surface area contributed by atoms with Gasteiger partial charge in [-0.05, 0) is 12.1 Å². The molecule has 0 fully saturated rings. The van der Waals surface area contributed by atoms with Gasteiger partial charge in [-0.25, -0.2) is 4.39 Å². The SMILES string of the molecule is COc1cccc(F)c1C(=O)NCCOCCO. The van der Waals surface area contributed by atoms with E-state index < -0.39 is 11.7 Å². The molecule has 6 heteroatoms. The van der Waals surface area contributed by atoms with Crippen LogP contribution in [0.4, 0.5) is 4.39 Å². The molecule has 1 aromatic rings. The second kappa shape index (κ2) is 7.62. The van der Waals surface area contributed by atoms with Crippen molar-refractivity contribution in [3.8, 4) is 5.75 Å². The van der Waals surface area contributed by atoms with Gasteiger partial charge >= 0.3 is 0 Å². The molecule has 0 atom stereocenters. The van der Waals surface area contributed by atoms with Gasteiger partial charge in [0.1, 0.15) is 17.1 Å². The van der Waals surface area contributed by atoms with Gasteiger partial charge in [0.2, 0.25) is 0 Å². The molecule has 0 saturated carbocycles. The van der Waals surface area contributed by atoms with Gasteiger partial charge in [-0.2, -0.15) is 0 Å². The van der Waals surface area contributed by atoms with E-state index in [4.69, 9.17) is 14.6 Å². The first-order chi connectivity index (χ1) is 8.70. The third kappa shape index (κ3) is 3.97. The summed E-state index contributed by atoms with van der Waals surface area (Å²) in [5.74, 6) is -1.01. The second-order valence-corrected chi connectivity index (χ2v) is 3.41. The fourth-order valence-corrected chi connectivity index (χ4v) is 1.39. The number of hydrogen-bond donors (Lipinski definition) is 2. The van der Waals surface area contributed by atoms with E-state index in [0.29, 0.717) is 0 Å². The lowest BCUT2D eigenvalue weighted by atomic mass is 10.1. The minimum atomic E-state index is -0.636. The maximum Gasteiger partial charge on any atom is 0.258 e. The second-order valence-electron chi connectivity index (χ2n) is 3.41. The van der Waals surface area contributed by atoms with E-state index in [0.717, 1.165) is 0 Å². The third-order valence-electron chi connectivity index (χ3n) is 2.19. The lowest BCUT2D eigenvalue weighted by Crippen LogP contribution is -2.28. The van der Waals surface area contributed by atoms with Gasteiger partial charge in [0, 0.05) is 6.54 Å². The number of halogens is 1. The summed E-state index contributed by atoms with van der Waals surface area (Å²) in [5.41, 5.74) is -0.123. The number of nitrogens with one attached hydrogen (secondary N) is 1. The first-order valence-electron chi connectivity index (χ1n) is 5.50. The molecule has 0 heterocycles. The fourth-order valence-electron chi connectivity index (χ4n) is 1.39. The number of hydrogen-bond acceptors (Lipinski definition) is 4. The molecule has 0 aromatic heterocycles. The Balaban J connectivity index is 2.56. The molecule has 0 aliphatic heterocycles. The van der Waals surface area contributed by atoms with Crippen molar-refractivity contribution >= 4 is 5.91 Å². The van der Waals surface area contributed by atoms with Crippen LogP contribution >= 0.6 is 0 Å². The van der Waals surface area contributed by atoms with Gasteiger partial charge in [0.05, 0.1) is 26.9 Å². The highest BCUT2D eigenvalue weighted by molar-refractivity contribution is 5.97. The molecule has 1 amide bonds. The zero-order chi connectivity index (χ0) is 13.4. The smallest absolute Gasteiger partial charge is 0.258 e. The van der Waals surface area contributed by atoms with Crippen LogP contribution in [-0.4, -0.2) is 44.5 Å². The summed E-state index contributed by atoms with van der Waals surface area (Å²) in [6, 6.07) is 4.18. The monoisotopic (exact) mass is 257 g/mol. The zero-order valence-corrected chi connectivity index (χ0v) is 10.1. The quantitative estimate of drug-likeness (QED) is 0.701. The van der Waals surface area contributed by atoms with Gasteiger partial charge in [0.15, 0.2) is 0 Å². The van der Waals surface area contributed by atoms with Crippen LogP contribution in [0, 0.1) is 5.82 Å². The summed E-state index contributed by atoms with van der Waals surface area (Å²) in [5, 5.41) is 11.0. The standard InChI is InChI=1S/C12H16FNO4/c1-17-10-4-2-3-9(13)11(10)12(16)14-5-7-18-8-6-15/h2-4,15H,5-8H2,1H3,(H,14,16). The Labute approximate surface area is 105 Å². The number of aliphatic hydroxyl groups is 1. The van der Waals surface area contributed by atoms with Crippen LogP contribution in [0.5, 0.6) is 5.75 Å². The summed E-state index contributed by atoms with van der Waals surface area (Å²) in [7, 11) is 1.37. The Morgan fingerprint density at radius 2 is 2.22 bits per heavy atom. The van der Waals surface area contributed by atoms with E-state index in [2.05, 4.69) is 5.32 Å². The van der Waals surface area contributed by atoms with Gasteiger partial charge in [-0.15, -0.1) is 0 Å². The first kappa shape index (κ1) is 14.4. The number of amides is 1. The summed E-state index contributed by atoms with van der Waals surface area (Å²) >= 11 is 0. The van der Waals surface area contributed by atoms with Crippen molar-refractivity contribution in [2.45, 2.75) is 0 Å². The highest BCUT2D eigenvalue weighted by atomic mass is 19.1. The van der Waals surface area contributed by atoms with Crippen LogP contribution in [-0.2, 0) is 4.74 Å². The molecule has 5 nitrogen and oxygen atoms in total.